The maximum Gasteiger partial charge on any atom is 0.136 e. The van der Waals surface area contributed by atoms with Crippen molar-refractivity contribution < 1.29 is 4.42 Å². The maximum atomic E-state index is 6.33. The minimum Gasteiger partial charge on any atom is -0.456 e. The van der Waals surface area contributed by atoms with Crippen LogP contribution in [0.25, 0.3) is 77.2 Å². The predicted octanol–water partition coefficient (Wildman–Crippen LogP) is 14.9. The van der Waals surface area contributed by atoms with E-state index < -0.39 is 0 Å². The lowest BCUT2D eigenvalue weighted by Gasteiger charge is -2.28. The van der Waals surface area contributed by atoms with Crippen LogP contribution in [0.2, 0.25) is 0 Å². The number of furan rings is 1. The Kier molecular flexibility index (Phi) is 7.85. The topological polar surface area (TPSA) is 16.4 Å². The molecule has 0 saturated heterocycles. The van der Waals surface area contributed by atoms with E-state index in [1.54, 1.807) is 0 Å². The van der Waals surface area contributed by atoms with Crippen LogP contribution in [-0.4, -0.2) is 0 Å². The molecule has 9 aromatic carbocycles. The van der Waals surface area contributed by atoms with Crippen LogP contribution in [0.3, 0.4) is 0 Å². The van der Waals surface area contributed by atoms with Crippen molar-refractivity contribution in [3.05, 3.63) is 212 Å². The second-order valence-electron chi connectivity index (χ2n) is 13.7. The van der Waals surface area contributed by atoms with E-state index in [-0.39, 0.29) is 0 Å². The molecule has 0 aliphatic carbocycles. The first kappa shape index (κ1) is 31.6. The number of benzene rings is 9. The van der Waals surface area contributed by atoms with Crippen molar-refractivity contribution in [2.75, 3.05) is 4.90 Å². The summed E-state index contributed by atoms with van der Waals surface area (Å²) in [4.78, 5) is 2.40. The van der Waals surface area contributed by atoms with Gasteiger partial charge >= 0.3 is 0 Å². The third-order valence-corrected chi connectivity index (χ3v) is 10.5. The zero-order valence-electron chi connectivity index (χ0n) is 29.6. The van der Waals surface area contributed by atoms with Crippen molar-refractivity contribution in [3.8, 4) is 44.7 Å². The number of hydrogen-bond donors (Lipinski definition) is 0. The summed E-state index contributed by atoms with van der Waals surface area (Å²) in [5.74, 6) is 0.870. The van der Waals surface area contributed by atoms with Gasteiger partial charge in [0.05, 0.1) is 5.69 Å². The molecule has 0 unspecified atom stereocenters. The van der Waals surface area contributed by atoms with Crippen LogP contribution in [0, 0.1) is 0 Å². The molecule has 0 radical (unpaired) electrons. The maximum absolute atomic E-state index is 6.33. The molecule has 1 aromatic heterocycles. The van der Waals surface area contributed by atoms with Crippen molar-refractivity contribution in [1.82, 2.24) is 0 Å². The van der Waals surface area contributed by atoms with E-state index in [0.717, 1.165) is 50.5 Å². The number of anilines is 3. The van der Waals surface area contributed by atoms with E-state index in [9.17, 15) is 0 Å². The third-order valence-electron chi connectivity index (χ3n) is 10.5. The van der Waals surface area contributed by atoms with E-state index in [1.807, 2.05) is 18.2 Å². The molecule has 2 nitrogen and oxygen atoms in total. The zero-order chi connectivity index (χ0) is 35.8. The summed E-state index contributed by atoms with van der Waals surface area (Å²) in [5, 5.41) is 6.01. The Morgan fingerprint density at radius 3 is 1.57 bits per heavy atom. The normalized spacial score (nSPS) is 11.3. The summed E-state index contributed by atoms with van der Waals surface area (Å²) in [6, 6.07) is 75.9. The van der Waals surface area contributed by atoms with Crippen LogP contribution in [0.1, 0.15) is 0 Å². The molecule has 0 aliphatic heterocycles. The Morgan fingerprint density at radius 2 is 0.852 bits per heavy atom. The molecule has 10 rings (SSSR count). The Labute approximate surface area is 314 Å². The smallest absolute Gasteiger partial charge is 0.136 e. The van der Waals surface area contributed by atoms with E-state index in [2.05, 4.69) is 199 Å². The van der Waals surface area contributed by atoms with Crippen LogP contribution in [0.5, 0.6) is 0 Å². The van der Waals surface area contributed by atoms with Gasteiger partial charge in [-0.3, -0.25) is 0 Å². The van der Waals surface area contributed by atoms with Crippen LogP contribution in [0.15, 0.2) is 217 Å². The van der Waals surface area contributed by atoms with Crippen LogP contribution >= 0.6 is 0 Å². The molecule has 54 heavy (non-hydrogen) atoms. The summed E-state index contributed by atoms with van der Waals surface area (Å²) < 4.78 is 6.33. The van der Waals surface area contributed by atoms with Gasteiger partial charge in [0, 0.05) is 27.7 Å². The largest absolute Gasteiger partial charge is 0.456 e. The summed E-state index contributed by atoms with van der Waals surface area (Å²) in [7, 11) is 0. The number of hydrogen-bond acceptors (Lipinski definition) is 2. The molecule has 0 bridgehead atoms. The van der Waals surface area contributed by atoms with E-state index in [0.29, 0.717) is 0 Å². The van der Waals surface area contributed by atoms with Crippen LogP contribution < -0.4 is 4.90 Å². The lowest BCUT2D eigenvalue weighted by atomic mass is 9.96. The van der Waals surface area contributed by atoms with Gasteiger partial charge < -0.3 is 9.32 Å². The minimum atomic E-state index is 0.870. The standard InChI is InChI=1S/C52H35NO/c1-2-13-36(14-3-1)39-17-12-18-40(33-39)37-25-29-43(30-26-37)53(50-34-41-15-4-6-20-46(41)47-21-8-9-22-48(47)50)44-31-27-38(28-32-44)45-19-7-10-23-49(45)52-35-42-16-5-11-24-51(42)54-52/h1-35H. The molecule has 0 saturated carbocycles. The monoisotopic (exact) mass is 689 g/mol. The number of nitrogens with zero attached hydrogens (tertiary/aromatic N) is 1. The predicted molar refractivity (Wildman–Crippen MR) is 228 cm³/mol. The van der Waals surface area contributed by atoms with Gasteiger partial charge in [-0.05, 0) is 98.1 Å². The fourth-order valence-corrected chi connectivity index (χ4v) is 7.81. The second kappa shape index (κ2) is 13.4. The molecule has 2 heteroatoms. The molecule has 1 heterocycles. The molecule has 0 fully saturated rings. The highest BCUT2D eigenvalue weighted by molar-refractivity contribution is 6.14. The third kappa shape index (κ3) is 5.71. The minimum absolute atomic E-state index is 0.870. The van der Waals surface area contributed by atoms with E-state index in [1.165, 1.54) is 43.8 Å². The van der Waals surface area contributed by atoms with Gasteiger partial charge in [-0.25, -0.2) is 0 Å². The highest BCUT2D eigenvalue weighted by Gasteiger charge is 2.19. The number of fused-ring (bicyclic) bond motifs is 4. The van der Waals surface area contributed by atoms with Gasteiger partial charge in [-0.2, -0.15) is 0 Å². The zero-order valence-corrected chi connectivity index (χ0v) is 29.6. The number of para-hydroxylation sites is 1. The first-order chi connectivity index (χ1) is 26.8. The summed E-state index contributed by atoms with van der Waals surface area (Å²) in [6.07, 6.45) is 0. The van der Waals surface area contributed by atoms with Crippen molar-refractivity contribution in [2.45, 2.75) is 0 Å². The average molecular weight is 690 g/mol. The van der Waals surface area contributed by atoms with Gasteiger partial charge in [0.2, 0.25) is 0 Å². The highest BCUT2D eigenvalue weighted by Crippen LogP contribution is 2.44. The molecule has 0 amide bonds. The lowest BCUT2D eigenvalue weighted by molar-refractivity contribution is 0.632. The Morgan fingerprint density at radius 1 is 0.315 bits per heavy atom. The molecule has 10 aromatic rings. The van der Waals surface area contributed by atoms with Gasteiger partial charge in [0.25, 0.3) is 0 Å². The van der Waals surface area contributed by atoms with Gasteiger partial charge in [-0.1, -0.05) is 164 Å². The van der Waals surface area contributed by atoms with E-state index in [4.69, 9.17) is 4.42 Å². The van der Waals surface area contributed by atoms with Crippen LogP contribution in [-0.2, 0) is 0 Å². The molecular formula is C52H35NO. The molecule has 0 aliphatic rings. The van der Waals surface area contributed by atoms with Crippen molar-refractivity contribution in [1.29, 1.82) is 0 Å². The fraction of sp³-hybridized carbons (Fsp3) is 0. The van der Waals surface area contributed by atoms with Gasteiger partial charge in [0.1, 0.15) is 11.3 Å². The molecule has 0 atom stereocenters. The Bertz CT molecular complexity index is 2890. The Hall–Kier alpha value is -7.16. The van der Waals surface area contributed by atoms with Gasteiger partial charge in [0.15, 0.2) is 0 Å². The van der Waals surface area contributed by atoms with Crippen LogP contribution in [0.4, 0.5) is 17.1 Å². The van der Waals surface area contributed by atoms with Crippen molar-refractivity contribution >= 4 is 49.6 Å². The van der Waals surface area contributed by atoms with Crippen molar-refractivity contribution in [3.63, 3.8) is 0 Å². The first-order valence-corrected chi connectivity index (χ1v) is 18.4. The molecule has 254 valence electrons. The number of rotatable bonds is 7. The summed E-state index contributed by atoms with van der Waals surface area (Å²) in [6.45, 7) is 0. The Balaban J connectivity index is 1.09. The summed E-state index contributed by atoms with van der Waals surface area (Å²) in [5.41, 5.74) is 12.3. The van der Waals surface area contributed by atoms with Gasteiger partial charge in [-0.15, -0.1) is 0 Å². The average Bonchev–Trinajstić information content (AvgIpc) is 3.69. The second-order valence-corrected chi connectivity index (χ2v) is 13.7. The van der Waals surface area contributed by atoms with E-state index >= 15 is 0 Å². The summed E-state index contributed by atoms with van der Waals surface area (Å²) >= 11 is 0. The lowest BCUT2D eigenvalue weighted by Crippen LogP contribution is -2.10. The van der Waals surface area contributed by atoms with Crippen molar-refractivity contribution in [2.24, 2.45) is 0 Å². The molecule has 0 N–H and O–H groups in total. The quantitative estimate of drug-likeness (QED) is 0.155. The first-order valence-electron chi connectivity index (χ1n) is 18.4. The highest BCUT2D eigenvalue weighted by atomic mass is 16.3. The molecular weight excluding hydrogens is 655 g/mol. The fourth-order valence-electron chi connectivity index (χ4n) is 7.81. The molecule has 0 spiro atoms. The SMILES string of the molecule is c1ccc(-c2cccc(-c3ccc(N(c4ccc(-c5ccccc5-c5cc6ccccc6o5)cc4)c4cc5ccccc5c5ccccc45)cc3)c2)cc1.